The lowest BCUT2D eigenvalue weighted by molar-refractivity contribution is 0.867. The van der Waals surface area contributed by atoms with Crippen molar-refractivity contribution >= 4 is 44.1 Å². The average molecular weight is 303 g/mol. The molecule has 13 heavy (non-hydrogen) atoms. The Morgan fingerprint density at radius 1 is 1.38 bits per heavy atom. The van der Waals surface area contributed by atoms with E-state index in [4.69, 9.17) is 0 Å². The summed E-state index contributed by atoms with van der Waals surface area (Å²) in [6.07, 6.45) is 0. The maximum absolute atomic E-state index is 4.34. The molecule has 1 nitrogen and oxygen atoms in total. The monoisotopic (exact) mass is 303 g/mol. The summed E-state index contributed by atoms with van der Waals surface area (Å²) in [7, 11) is 0. The van der Waals surface area contributed by atoms with Crippen LogP contribution < -0.4 is 0 Å². The van der Waals surface area contributed by atoms with Crippen LogP contribution in [0.4, 0.5) is 0 Å². The summed E-state index contributed by atoms with van der Waals surface area (Å²) >= 11 is 4.10. The predicted octanol–water partition coefficient (Wildman–Crippen LogP) is 4.02. The molecule has 0 aliphatic heterocycles. The van der Waals surface area contributed by atoms with E-state index in [9.17, 15) is 0 Å². The molecule has 0 atom stereocenters. The van der Waals surface area contributed by atoms with E-state index in [1.54, 1.807) is 11.3 Å². The molecule has 2 rings (SSSR count). The minimum absolute atomic E-state index is 0.583. The number of hydrogen-bond donors (Lipinski definition) is 0. The summed E-state index contributed by atoms with van der Waals surface area (Å²) in [5.41, 5.74) is 4.43. The lowest BCUT2D eigenvalue weighted by atomic mass is 10.0. The SMILES string of the molecule is CC(C)c1cc(I)c2scnc2c1. The van der Waals surface area contributed by atoms with Gasteiger partial charge in [0.05, 0.1) is 15.7 Å². The van der Waals surface area contributed by atoms with Crippen LogP contribution in [0, 0.1) is 3.57 Å². The number of nitrogens with zero attached hydrogens (tertiary/aromatic N) is 1. The van der Waals surface area contributed by atoms with Crippen molar-refractivity contribution in [3.63, 3.8) is 0 Å². The van der Waals surface area contributed by atoms with Crippen molar-refractivity contribution in [2.24, 2.45) is 0 Å². The Morgan fingerprint density at radius 2 is 2.15 bits per heavy atom. The molecule has 0 saturated heterocycles. The molecule has 2 aromatic rings. The fourth-order valence-electron chi connectivity index (χ4n) is 1.28. The Labute approximate surface area is 95.3 Å². The van der Waals surface area contributed by atoms with Gasteiger partial charge in [0.25, 0.3) is 0 Å². The van der Waals surface area contributed by atoms with Gasteiger partial charge in [0.1, 0.15) is 0 Å². The van der Waals surface area contributed by atoms with Crippen LogP contribution in [0.5, 0.6) is 0 Å². The Bertz CT molecular complexity index is 433. The highest BCUT2D eigenvalue weighted by Gasteiger charge is 2.06. The highest BCUT2D eigenvalue weighted by molar-refractivity contribution is 14.1. The molecule has 68 valence electrons. The Hall–Kier alpha value is -0.160. The maximum atomic E-state index is 4.34. The van der Waals surface area contributed by atoms with E-state index in [1.165, 1.54) is 13.8 Å². The molecule has 0 amide bonds. The fraction of sp³-hybridized carbons (Fsp3) is 0.300. The first-order valence-electron chi connectivity index (χ1n) is 4.21. The fourth-order valence-corrected chi connectivity index (χ4v) is 2.97. The summed E-state index contributed by atoms with van der Waals surface area (Å²) in [6, 6.07) is 4.45. The molecule has 0 bridgehead atoms. The molecule has 3 heteroatoms. The van der Waals surface area contributed by atoms with Gasteiger partial charge in [-0.3, -0.25) is 0 Å². The van der Waals surface area contributed by atoms with Crippen molar-refractivity contribution < 1.29 is 0 Å². The molecule has 0 spiro atoms. The van der Waals surface area contributed by atoms with Gasteiger partial charge in [0.2, 0.25) is 0 Å². The summed E-state index contributed by atoms with van der Waals surface area (Å²) in [6.45, 7) is 4.42. The van der Waals surface area contributed by atoms with Crippen LogP contribution in [0.1, 0.15) is 25.3 Å². The second-order valence-corrected chi connectivity index (χ2v) is 5.37. The minimum Gasteiger partial charge on any atom is -0.245 e. The summed E-state index contributed by atoms with van der Waals surface area (Å²) in [5.74, 6) is 0.583. The standard InChI is InChI=1S/C10H10INS/c1-6(2)7-3-8(11)10-9(4-7)12-5-13-10/h3-6H,1-2H3. The van der Waals surface area contributed by atoms with Crippen LogP contribution in [0.2, 0.25) is 0 Å². The molecule has 1 heterocycles. The first kappa shape index (κ1) is 9.40. The van der Waals surface area contributed by atoms with Crippen molar-refractivity contribution in [3.05, 3.63) is 26.8 Å². The van der Waals surface area contributed by atoms with Gasteiger partial charge in [0, 0.05) is 3.57 Å². The molecular formula is C10H10INS. The van der Waals surface area contributed by atoms with Crippen LogP contribution in [-0.2, 0) is 0 Å². The van der Waals surface area contributed by atoms with E-state index < -0.39 is 0 Å². The van der Waals surface area contributed by atoms with Gasteiger partial charge in [-0.1, -0.05) is 13.8 Å². The summed E-state index contributed by atoms with van der Waals surface area (Å²) in [5, 5.41) is 0. The smallest absolute Gasteiger partial charge is 0.0825 e. The average Bonchev–Trinajstić information content (AvgIpc) is 2.51. The van der Waals surface area contributed by atoms with Crippen molar-refractivity contribution in [1.82, 2.24) is 4.98 Å². The lowest BCUT2D eigenvalue weighted by Crippen LogP contribution is -1.88. The highest BCUT2D eigenvalue weighted by atomic mass is 127. The van der Waals surface area contributed by atoms with Crippen LogP contribution in [-0.4, -0.2) is 4.98 Å². The van der Waals surface area contributed by atoms with Gasteiger partial charge in [-0.2, -0.15) is 0 Å². The van der Waals surface area contributed by atoms with Gasteiger partial charge < -0.3 is 0 Å². The molecule has 0 radical (unpaired) electrons. The van der Waals surface area contributed by atoms with E-state index >= 15 is 0 Å². The van der Waals surface area contributed by atoms with E-state index in [1.807, 2.05) is 5.51 Å². The number of thiazole rings is 1. The molecular weight excluding hydrogens is 293 g/mol. The number of fused-ring (bicyclic) bond motifs is 1. The number of halogens is 1. The number of hydrogen-bond acceptors (Lipinski definition) is 2. The number of rotatable bonds is 1. The van der Waals surface area contributed by atoms with Crippen LogP contribution in [0.25, 0.3) is 10.2 Å². The van der Waals surface area contributed by atoms with Crippen molar-refractivity contribution in [2.75, 3.05) is 0 Å². The van der Waals surface area contributed by atoms with Crippen molar-refractivity contribution in [3.8, 4) is 0 Å². The van der Waals surface area contributed by atoms with Gasteiger partial charge in [-0.25, -0.2) is 4.98 Å². The van der Waals surface area contributed by atoms with Crippen molar-refractivity contribution in [1.29, 1.82) is 0 Å². The van der Waals surface area contributed by atoms with Crippen LogP contribution in [0.3, 0.4) is 0 Å². The maximum Gasteiger partial charge on any atom is 0.0825 e. The van der Waals surface area contributed by atoms with E-state index in [2.05, 4.69) is 53.6 Å². The third-order valence-electron chi connectivity index (χ3n) is 2.08. The Balaban J connectivity index is 2.70. The molecule has 0 saturated carbocycles. The van der Waals surface area contributed by atoms with E-state index in [0.29, 0.717) is 5.92 Å². The van der Waals surface area contributed by atoms with E-state index in [-0.39, 0.29) is 0 Å². The first-order valence-corrected chi connectivity index (χ1v) is 6.17. The van der Waals surface area contributed by atoms with Crippen LogP contribution >= 0.6 is 33.9 Å². The molecule has 0 fully saturated rings. The second-order valence-electron chi connectivity index (χ2n) is 3.36. The van der Waals surface area contributed by atoms with Gasteiger partial charge >= 0.3 is 0 Å². The molecule has 1 aromatic heterocycles. The van der Waals surface area contributed by atoms with Gasteiger partial charge in [-0.15, -0.1) is 11.3 Å². The zero-order valence-corrected chi connectivity index (χ0v) is 10.5. The topological polar surface area (TPSA) is 12.9 Å². The zero-order chi connectivity index (χ0) is 9.42. The number of benzene rings is 1. The first-order chi connectivity index (χ1) is 6.18. The minimum atomic E-state index is 0.583. The largest absolute Gasteiger partial charge is 0.245 e. The summed E-state index contributed by atoms with van der Waals surface area (Å²) in [4.78, 5) is 4.34. The predicted molar refractivity (Wildman–Crippen MR) is 66.4 cm³/mol. The Morgan fingerprint density at radius 3 is 2.85 bits per heavy atom. The normalized spacial score (nSPS) is 11.4. The van der Waals surface area contributed by atoms with E-state index in [0.717, 1.165) is 5.52 Å². The molecule has 0 unspecified atom stereocenters. The quantitative estimate of drug-likeness (QED) is 0.725. The molecule has 0 aliphatic rings. The van der Waals surface area contributed by atoms with Gasteiger partial charge in [-0.05, 0) is 46.2 Å². The third kappa shape index (κ3) is 1.72. The lowest BCUT2D eigenvalue weighted by Gasteiger charge is -2.05. The second kappa shape index (κ2) is 3.53. The van der Waals surface area contributed by atoms with Crippen LogP contribution in [0.15, 0.2) is 17.6 Å². The molecule has 0 aliphatic carbocycles. The Kier molecular flexibility index (Phi) is 2.55. The van der Waals surface area contributed by atoms with Gasteiger partial charge in [0.15, 0.2) is 0 Å². The molecule has 1 aromatic carbocycles. The summed E-state index contributed by atoms with van der Waals surface area (Å²) < 4.78 is 2.63. The zero-order valence-electron chi connectivity index (χ0n) is 7.54. The van der Waals surface area contributed by atoms with Crippen molar-refractivity contribution in [2.45, 2.75) is 19.8 Å². The molecule has 0 N–H and O–H groups in total. The number of aromatic nitrogens is 1. The highest BCUT2D eigenvalue weighted by Crippen LogP contribution is 2.28. The third-order valence-corrected chi connectivity index (χ3v) is 4.17.